The predicted molar refractivity (Wildman–Crippen MR) is 61.5 cm³/mol. The Kier molecular flexibility index (Phi) is 4.10. The molecule has 0 amide bonds. The normalized spacial score (nSPS) is 23.1. The van der Waals surface area contributed by atoms with Gasteiger partial charge in [0, 0.05) is 12.0 Å². The summed E-state index contributed by atoms with van der Waals surface area (Å²) in [6.07, 6.45) is 13.0. The highest BCUT2D eigenvalue weighted by molar-refractivity contribution is 5.79. The van der Waals surface area contributed by atoms with Crippen LogP contribution in [0.5, 0.6) is 0 Å². The van der Waals surface area contributed by atoms with Gasteiger partial charge in [-0.05, 0) is 11.5 Å². The second-order valence-corrected chi connectivity index (χ2v) is 3.88. The number of hydrogen-bond acceptors (Lipinski definition) is 1. The van der Waals surface area contributed by atoms with E-state index in [1.54, 1.807) is 6.08 Å². The Hall–Kier alpha value is -1.57. The molecule has 0 saturated heterocycles. The molecule has 1 unspecified atom stereocenters. The third kappa shape index (κ3) is 3.98. The maximum Gasteiger partial charge on any atom is 0.328 e. The van der Waals surface area contributed by atoms with Gasteiger partial charge in [-0.3, -0.25) is 0 Å². The summed E-state index contributed by atoms with van der Waals surface area (Å²) in [7, 11) is 0. The van der Waals surface area contributed by atoms with E-state index in [2.05, 4.69) is 19.9 Å². The van der Waals surface area contributed by atoms with Crippen molar-refractivity contribution in [2.75, 3.05) is 0 Å². The minimum atomic E-state index is -0.901. The molecule has 1 rings (SSSR count). The van der Waals surface area contributed by atoms with E-state index in [0.29, 0.717) is 5.92 Å². The van der Waals surface area contributed by atoms with Crippen LogP contribution >= 0.6 is 0 Å². The molecule has 1 atom stereocenters. The Morgan fingerprint density at radius 2 is 2.20 bits per heavy atom. The van der Waals surface area contributed by atoms with Crippen LogP contribution in [0.4, 0.5) is 0 Å². The Balaban J connectivity index is 2.81. The van der Waals surface area contributed by atoms with Crippen molar-refractivity contribution < 1.29 is 9.90 Å². The molecule has 0 bridgehead atoms. The molecule has 0 fully saturated rings. The molecule has 0 aromatic rings. The molecule has 0 aromatic heterocycles. The van der Waals surface area contributed by atoms with Crippen LogP contribution in [0.25, 0.3) is 0 Å². The minimum Gasteiger partial charge on any atom is -0.478 e. The van der Waals surface area contributed by atoms with Crippen LogP contribution in [-0.4, -0.2) is 11.1 Å². The molecule has 0 aliphatic heterocycles. The summed E-state index contributed by atoms with van der Waals surface area (Å²) in [6.45, 7) is 4.22. The van der Waals surface area contributed by atoms with Crippen molar-refractivity contribution in [3.05, 3.63) is 48.1 Å². The molecule has 2 nitrogen and oxygen atoms in total. The number of hydrogen-bond donors (Lipinski definition) is 1. The average molecular weight is 204 g/mol. The first kappa shape index (κ1) is 11.5. The quantitative estimate of drug-likeness (QED) is 0.717. The highest BCUT2D eigenvalue weighted by atomic mass is 16.4. The summed E-state index contributed by atoms with van der Waals surface area (Å²) in [6, 6.07) is 0. The number of carboxylic acids is 1. The maximum absolute atomic E-state index is 10.4. The van der Waals surface area contributed by atoms with Gasteiger partial charge in [0.15, 0.2) is 0 Å². The lowest BCUT2D eigenvalue weighted by Crippen LogP contribution is -2.01. The fourth-order valence-electron chi connectivity index (χ4n) is 1.49. The maximum atomic E-state index is 10.4. The highest BCUT2D eigenvalue weighted by Gasteiger charge is 2.08. The summed E-state index contributed by atoms with van der Waals surface area (Å²) in [5.41, 5.74) is 1.16. The molecule has 2 heteroatoms. The summed E-state index contributed by atoms with van der Waals surface area (Å²) in [5.74, 6) is -0.341. The average Bonchev–Trinajstić information content (AvgIpc) is 2.15. The lowest BCUT2D eigenvalue weighted by molar-refractivity contribution is -0.131. The molecule has 0 radical (unpaired) electrons. The number of rotatable bonds is 3. The van der Waals surface area contributed by atoms with E-state index >= 15 is 0 Å². The van der Waals surface area contributed by atoms with E-state index in [1.165, 1.54) is 6.08 Å². The lowest BCUT2D eigenvalue weighted by atomic mass is 9.91. The van der Waals surface area contributed by atoms with Gasteiger partial charge in [0.25, 0.3) is 0 Å². The largest absolute Gasteiger partial charge is 0.478 e. The third-order valence-electron chi connectivity index (χ3n) is 2.08. The second kappa shape index (κ2) is 5.35. The van der Waals surface area contributed by atoms with E-state index in [4.69, 9.17) is 5.11 Å². The van der Waals surface area contributed by atoms with Gasteiger partial charge in [0.2, 0.25) is 0 Å². The van der Waals surface area contributed by atoms with Gasteiger partial charge in [-0.15, -0.1) is 0 Å². The molecule has 1 aliphatic rings. The van der Waals surface area contributed by atoms with Crippen LogP contribution in [0.2, 0.25) is 0 Å². The molecular formula is C13H16O2. The van der Waals surface area contributed by atoms with Crippen molar-refractivity contribution in [2.45, 2.75) is 13.8 Å². The second-order valence-electron chi connectivity index (χ2n) is 3.88. The SMILES string of the molecule is CC(C)C=C1C=CC=CC1C=CC(=O)O. The zero-order valence-corrected chi connectivity index (χ0v) is 9.05. The Morgan fingerprint density at radius 1 is 1.47 bits per heavy atom. The van der Waals surface area contributed by atoms with E-state index in [-0.39, 0.29) is 5.92 Å². The lowest BCUT2D eigenvalue weighted by Gasteiger charge is -2.13. The Bertz CT molecular complexity index is 344. The summed E-state index contributed by atoms with van der Waals surface area (Å²) in [5, 5.41) is 8.56. The number of aliphatic carboxylic acids is 1. The van der Waals surface area contributed by atoms with E-state index in [1.807, 2.05) is 24.3 Å². The third-order valence-corrected chi connectivity index (χ3v) is 2.08. The first-order valence-corrected chi connectivity index (χ1v) is 5.07. The van der Waals surface area contributed by atoms with Gasteiger partial charge >= 0.3 is 5.97 Å². The van der Waals surface area contributed by atoms with Gasteiger partial charge in [-0.25, -0.2) is 4.79 Å². The molecule has 1 aliphatic carbocycles. The zero-order valence-electron chi connectivity index (χ0n) is 9.05. The van der Waals surface area contributed by atoms with E-state index in [9.17, 15) is 4.79 Å². The summed E-state index contributed by atoms with van der Waals surface area (Å²) in [4.78, 5) is 10.4. The molecular weight excluding hydrogens is 188 g/mol. The fourth-order valence-corrected chi connectivity index (χ4v) is 1.49. The monoisotopic (exact) mass is 204 g/mol. The fraction of sp³-hybridized carbons (Fsp3) is 0.308. The number of carbonyl (C=O) groups is 1. The van der Waals surface area contributed by atoms with Crippen LogP contribution in [-0.2, 0) is 4.79 Å². The number of carboxylic acid groups (broad SMARTS) is 1. The smallest absolute Gasteiger partial charge is 0.328 e. The van der Waals surface area contributed by atoms with Gasteiger partial charge in [-0.2, -0.15) is 0 Å². The van der Waals surface area contributed by atoms with Gasteiger partial charge in [0.05, 0.1) is 0 Å². The summed E-state index contributed by atoms with van der Waals surface area (Å²) >= 11 is 0. The van der Waals surface area contributed by atoms with Crippen molar-refractivity contribution >= 4 is 5.97 Å². The van der Waals surface area contributed by atoms with Gasteiger partial charge < -0.3 is 5.11 Å². The minimum absolute atomic E-state index is 0.0912. The van der Waals surface area contributed by atoms with Crippen LogP contribution < -0.4 is 0 Å². The van der Waals surface area contributed by atoms with Crippen LogP contribution in [0.3, 0.4) is 0 Å². The molecule has 0 aromatic carbocycles. The van der Waals surface area contributed by atoms with E-state index in [0.717, 1.165) is 5.57 Å². The Labute approximate surface area is 90.3 Å². The molecule has 1 N–H and O–H groups in total. The highest BCUT2D eigenvalue weighted by Crippen LogP contribution is 2.21. The van der Waals surface area contributed by atoms with Crippen LogP contribution in [0.1, 0.15) is 13.8 Å². The van der Waals surface area contributed by atoms with Crippen molar-refractivity contribution in [3.63, 3.8) is 0 Å². The molecule has 80 valence electrons. The van der Waals surface area contributed by atoms with E-state index < -0.39 is 5.97 Å². The molecule has 0 saturated carbocycles. The van der Waals surface area contributed by atoms with Crippen LogP contribution in [0.15, 0.2) is 48.1 Å². The van der Waals surface area contributed by atoms with Gasteiger partial charge in [0.1, 0.15) is 0 Å². The predicted octanol–water partition coefficient (Wildman–Crippen LogP) is 2.95. The molecule has 0 spiro atoms. The standard InChI is InChI=1S/C13H16O2/c1-10(2)9-12-6-4-3-5-11(12)7-8-13(14)15/h3-11H,1-2H3,(H,14,15). The topological polar surface area (TPSA) is 37.3 Å². The van der Waals surface area contributed by atoms with Crippen LogP contribution in [0, 0.1) is 11.8 Å². The van der Waals surface area contributed by atoms with Crippen molar-refractivity contribution in [1.29, 1.82) is 0 Å². The summed E-state index contributed by atoms with van der Waals surface area (Å²) < 4.78 is 0. The molecule has 15 heavy (non-hydrogen) atoms. The van der Waals surface area contributed by atoms with Crippen molar-refractivity contribution in [2.24, 2.45) is 11.8 Å². The zero-order chi connectivity index (χ0) is 11.3. The molecule has 0 heterocycles. The first-order valence-electron chi connectivity index (χ1n) is 5.07. The Morgan fingerprint density at radius 3 is 2.80 bits per heavy atom. The van der Waals surface area contributed by atoms with Crippen molar-refractivity contribution in [1.82, 2.24) is 0 Å². The first-order chi connectivity index (χ1) is 7.09. The number of allylic oxidation sites excluding steroid dienone is 7. The van der Waals surface area contributed by atoms with Crippen molar-refractivity contribution in [3.8, 4) is 0 Å². The van der Waals surface area contributed by atoms with Gasteiger partial charge in [-0.1, -0.05) is 50.3 Å².